The maximum Gasteiger partial charge on any atom is 0.257 e. The van der Waals surface area contributed by atoms with Crippen LogP contribution in [0.25, 0.3) is 0 Å². The highest BCUT2D eigenvalue weighted by molar-refractivity contribution is 6.12. The number of carbonyl (C=O) groups is 2. The quantitative estimate of drug-likeness (QED) is 0.673. The molecule has 0 aliphatic carbocycles. The summed E-state index contributed by atoms with van der Waals surface area (Å²) in [6.07, 6.45) is 0. The van der Waals surface area contributed by atoms with Crippen molar-refractivity contribution in [2.45, 2.75) is 13.8 Å². The van der Waals surface area contributed by atoms with Gasteiger partial charge in [0.25, 0.3) is 11.8 Å². The van der Waals surface area contributed by atoms with E-state index in [1.807, 2.05) is 38.1 Å². The number of anilines is 2. The van der Waals surface area contributed by atoms with Crippen LogP contribution in [0.5, 0.6) is 5.75 Å². The molecule has 0 fully saturated rings. The van der Waals surface area contributed by atoms with Crippen molar-refractivity contribution in [3.05, 3.63) is 89.0 Å². The molecule has 0 saturated carbocycles. The highest BCUT2D eigenvalue weighted by Gasteiger charge is 2.16. The van der Waals surface area contributed by atoms with E-state index in [1.165, 1.54) is 0 Å². The summed E-state index contributed by atoms with van der Waals surface area (Å²) in [5.41, 5.74) is 3.91. The topological polar surface area (TPSA) is 67.4 Å². The average molecular weight is 374 g/mol. The summed E-state index contributed by atoms with van der Waals surface area (Å²) >= 11 is 0. The Morgan fingerprint density at radius 3 is 2.21 bits per heavy atom. The van der Waals surface area contributed by atoms with E-state index in [0.29, 0.717) is 28.3 Å². The van der Waals surface area contributed by atoms with Crippen LogP contribution in [-0.2, 0) is 0 Å². The van der Waals surface area contributed by atoms with Crippen LogP contribution in [0.4, 0.5) is 11.4 Å². The average Bonchev–Trinajstić information content (AvgIpc) is 2.68. The van der Waals surface area contributed by atoms with E-state index in [1.54, 1.807) is 49.6 Å². The van der Waals surface area contributed by atoms with Crippen molar-refractivity contribution >= 4 is 23.2 Å². The number of hydrogen-bond donors (Lipinski definition) is 2. The Morgan fingerprint density at radius 1 is 0.750 bits per heavy atom. The summed E-state index contributed by atoms with van der Waals surface area (Å²) in [5.74, 6) is -0.0265. The monoisotopic (exact) mass is 374 g/mol. The van der Waals surface area contributed by atoms with Gasteiger partial charge in [0.1, 0.15) is 5.75 Å². The second-order valence-corrected chi connectivity index (χ2v) is 6.53. The van der Waals surface area contributed by atoms with E-state index >= 15 is 0 Å². The van der Waals surface area contributed by atoms with Gasteiger partial charge in [0.2, 0.25) is 0 Å². The standard InChI is InChI=1S/C23H22N2O3/c1-15-7-6-8-17(13-15)22(26)24-19-10-5-4-9-18(19)23(27)25-20-14-16(2)11-12-21(20)28-3/h4-14H,1-3H3,(H,24,26)(H,25,27). The number of carbonyl (C=O) groups excluding carboxylic acids is 2. The number of amides is 2. The zero-order valence-corrected chi connectivity index (χ0v) is 16.1. The van der Waals surface area contributed by atoms with Gasteiger partial charge in [-0.25, -0.2) is 0 Å². The third kappa shape index (κ3) is 4.38. The van der Waals surface area contributed by atoms with Gasteiger partial charge in [0.05, 0.1) is 24.0 Å². The number of nitrogens with one attached hydrogen (secondary N) is 2. The number of hydrogen-bond acceptors (Lipinski definition) is 3. The van der Waals surface area contributed by atoms with Crippen LogP contribution in [0.1, 0.15) is 31.8 Å². The molecule has 3 aromatic rings. The molecule has 2 amide bonds. The second-order valence-electron chi connectivity index (χ2n) is 6.53. The van der Waals surface area contributed by atoms with Gasteiger partial charge >= 0.3 is 0 Å². The maximum atomic E-state index is 12.9. The lowest BCUT2D eigenvalue weighted by atomic mass is 10.1. The SMILES string of the molecule is COc1ccc(C)cc1NC(=O)c1ccccc1NC(=O)c1cccc(C)c1. The van der Waals surface area contributed by atoms with Crippen molar-refractivity contribution in [1.29, 1.82) is 0 Å². The lowest BCUT2D eigenvalue weighted by Crippen LogP contribution is -2.18. The normalized spacial score (nSPS) is 10.2. The highest BCUT2D eigenvalue weighted by atomic mass is 16.5. The Balaban J connectivity index is 1.85. The van der Waals surface area contributed by atoms with Crippen LogP contribution in [0, 0.1) is 13.8 Å². The Bertz CT molecular complexity index is 1030. The molecule has 0 spiro atoms. The fourth-order valence-corrected chi connectivity index (χ4v) is 2.88. The largest absolute Gasteiger partial charge is 0.495 e. The van der Waals surface area contributed by atoms with Crippen molar-refractivity contribution < 1.29 is 14.3 Å². The molecule has 0 atom stereocenters. The van der Waals surface area contributed by atoms with E-state index < -0.39 is 0 Å². The smallest absolute Gasteiger partial charge is 0.257 e. The molecule has 2 N–H and O–H groups in total. The molecule has 0 bridgehead atoms. The Morgan fingerprint density at radius 2 is 1.46 bits per heavy atom. The van der Waals surface area contributed by atoms with Gasteiger partial charge in [-0.2, -0.15) is 0 Å². The molecule has 142 valence electrons. The Labute approximate surface area is 164 Å². The fraction of sp³-hybridized carbons (Fsp3) is 0.130. The van der Waals surface area contributed by atoms with E-state index in [4.69, 9.17) is 4.74 Å². The second kappa shape index (κ2) is 8.39. The first kappa shape index (κ1) is 19.2. The molecular formula is C23H22N2O3. The predicted molar refractivity (Wildman–Crippen MR) is 111 cm³/mol. The van der Waals surface area contributed by atoms with Gasteiger partial charge in [-0.3, -0.25) is 9.59 Å². The molecule has 3 aromatic carbocycles. The molecule has 3 rings (SSSR count). The summed E-state index contributed by atoms with van der Waals surface area (Å²) in [7, 11) is 1.55. The van der Waals surface area contributed by atoms with Crippen molar-refractivity contribution in [3.8, 4) is 5.75 Å². The minimum atomic E-state index is -0.330. The molecule has 0 radical (unpaired) electrons. The molecule has 0 unspecified atom stereocenters. The number of aryl methyl sites for hydroxylation is 2. The highest BCUT2D eigenvalue weighted by Crippen LogP contribution is 2.27. The van der Waals surface area contributed by atoms with Crippen LogP contribution in [0.2, 0.25) is 0 Å². The van der Waals surface area contributed by atoms with Crippen molar-refractivity contribution in [1.82, 2.24) is 0 Å². The van der Waals surface area contributed by atoms with Gasteiger partial charge in [0.15, 0.2) is 0 Å². The number of methoxy groups -OCH3 is 1. The zero-order chi connectivity index (χ0) is 20.1. The van der Waals surface area contributed by atoms with Gasteiger partial charge in [-0.15, -0.1) is 0 Å². The van der Waals surface area contributed by atoms with Crippen LogP contribution in [-0.4, -0.2) is 18.9 Å². The van der Waals surface area contributed by atoms with Crippen LogP contribution in [0.15, 0.2) is 66.7 Å². The van der Waals surface area contributed by atoms with E-state index in [2.05, 4.69) is 10.6 Å². The van der Waals surface area contributed by atoms with Crippen molar-refractivity contribution in [2.75, 3.05) is 17.7 Å². The first-order valence-corrected chi connectivity index (χ1v) is 8.91. The van der Waals surface area contributed by atoms with Gasteiger partial charge in [0, 0.05) is 5.56 Å². The molecule has 0 aromatic heterocycles. The lowest BCUT2D eigenvalue weighted by molar-refractivity contribution is 0.102. The summed E-state index contributed by atoms with van der Waals surface area (Å²) < 4.78 is 5.32. The molecule has 0 saturated heterocycles. The summed E-state index contributed by atoms with van der Waals surface area (Å²) in [6.45, 7) is 3.86. The van der Waals surface area contributed by atoms with Crippen LogP contribution >= 0.6 is 0 Å². The van der Waals surface area contributed by atoms with E-state index in [0.717, 1.165) is 11.1 Å². The first-order chi connectivity index (χ1) is 13.5. The molecule has 5 nitrogen and oxygen atoms in total. The zero-order valence-electron chi connectivity index (χ0n) is 16.1. The lowest BCUT2D eigenvalue weighted by Gasteiger charge is -2.14. The summed E-state index contributed by atoms with van der Waals surface area (Å²) in [6, 6.07) is 19.7. The number of benzene rings is 3. The predicted octanol–water partition coefficient (Wildman–Crippen LogP) is 4.82. The van der Waals surface area contributed by atoms with E-state index in [-0.39, 0.29) is 11.8 Å². The Hall–Kier alpha value is -3.60. The summed E-state index contributed by atoms with van der Waals surface area (Å²) in [5, 5.41) is 5.70. The molecule has 0 aliphatic heterocycles. The molecule has 5 heteroatoms. The third-order valence-electron chi connectivity index (χ3n) is 4.30. The Kier molecular flexibility index (Phi) is 5.75. The fourth-order valence-electron chi connectivity index (χ4n) is 2.88. The minimum Gasteiger partial charge on any atom is -0.495 e. The van der Waals surface area contributed by atoms with E-state index in [9.17, 15) is 9.59 Å². The minimum absolute atomic E-state index is 0.267. The number of rotatable bonds is 5. The van der Waals surface area contributed by atoms with Gasteiger partial charge < -0.3 is 15.4 Å². The number of para-hydroxylation sites is 1. The van der Waals surface area contributed by atoms with Crippen molar-refractivity contribution in [2.24, 2.45) is 0 Å². The van der Waals surface area contributed by atoms with Crippen LogP contribution in [0.3, 0.4) is 0 Å². The molecule has 0 heterocycles. The summed E-state index contributed by atoms with van der Waals surface area (Å²) in [4.78, 5) is 25.5. The third-order valence-corrected chi connectivity index (χ3v) is 4.30. The molecule has 28 heavy (non-hydrogen) atoms. The van der Waals surface area contributed by atoms with Gasteiger partial charge in [-0.1, -0.05) is 35.9 Å². The first-order valence-electron chi connectivity index (χ1n) is 8.91. The molecule has 0 aliphatic rings. The van der Waals surface area contributed by atoms with Crippen molar-refractivity contribution in [3.63, 3.8) is 0 Å². The molecular weight excluding hydrogens is 352 g/mol. The maximum absolute atomic E-state index is 12.9. The van der Waals surface area contributed by atoms with Crippen LogP contribution < -0.4 is 15.4 Å². The number of ether oxygens (including phenoxy) is 1. The van der Waals surface area contributed by atoms with Gasteiger partial charge in [-0.05, 0) is 55.8 Å².